The lowest BCUT2D eigenvalue weighted by molar-refractivity contribution is 0.323. The van der Waals surface area contributed by atoms with E-state index in [2.05, 4.69) is 5.32 Å². The van der Waals surface area contributed by atoms with E-state index in [-0.39, 0.29) is 24.0 Å². The molecule has 0 saturated carbocycles. The van der Waals surface area contributed by atoms with Gasteiger partial charge in [-0.05, 0) is 37.1 Å². The molecule has 0 radical (unpaired) electrons. The van der Waals surface area contributed by atoms with Crippen LogP contribution in [0, 0.1) is 11.6 Å². The fourth-order valence-electron chi connectivity index (χ4n) is 3.47. The van der Waals surface area contributed by atoms with Crippen molar-refractivity contribution in [3.8, 4) is 28.7 Å². The number of rotatable bonds is 5. The summed E-state index contributed by atoms with van der Waals surface area (Å²) in [4.78, 5) is 0. The molecule has 0 aliphatic carbocycles. The van der Waals surface area contributed by atoms with Crippen molar-refractivity contribution in [2.45, 2.75) is 18.9 Å². The van der Waals surface area contributed by atoms with Gasteiger partial charge in [0.05, 0.1) is 21.3 Å². The first-order valence-electron chi connectivity index (χ1n) is 8.36. The zero-order valence-electron chi connectivity index (χ0n) is 15.2. The minimum atomic E-state index is -1.08. The second-order valence-electron chi connectivity index (χ2n) is 6.21. The average Bonchev–Trinajstić information content (AvgIpc) is 2.69. The monoisotopic (exact) mass is 381 g/mol. The third kappa shape index (κ3) is 3.21. The van der Waals surface area contributed by atoms with Gasteiger partial charge in [0, 0.05) is 17.2 Å². The van der Waals surface area contributed by atoms with Crippen molar-refractivity contribution in [3.63, 3.8) is 0 Å². The Morgan fingerprint density at radius 2 is 1.59 bits per heavy atom. The first-order chi connectivity index (χ1) is 12.9. The minimum Gasteiger partial charge on any atom is -0.502 e. The molecule has 0 amide bonds. The second kappa shape index (κ2) is 7.48. The maximum Gasteiger partial charge on any atom is 0.203 e. The summed E-state index contributed by atoms with van der Waals surface area (Å²) < 4.78 is 44.8. The molecule has 2 aromatic carbocycles. The van der Waals surface area contributed by atoms with Gasteiger partial charge >= 0.3 is 0 Å². The third-order valence-electron chi connectivity index (χ3n) is 4.75. The Hall–Kier alpha value is -2.74. The van der Waals surface area contributed by atoms with E-state index in [1.165, 1.54) is 21.3 Å². The molecule has 0 aromatic heterocycles. The Morgan fingerprint density at radius 1 is 1.00 bits per heavy atom. The summed E-state index contributed by atoms with van der Waals surface area (Å²) in [6, 6.07) is 2.86. The summed E-state index contributed by atoms with van der Waals surface area (Å²) in [5, 5.41) is 22.4. The fraction of sp³-hybridized carbons (Fsp3) is 0.368. The molecule has 1 aliphatic heterocycles. The van der Waals surface area contributed by atoms with Crippen LogP contribution in [0.25, 0.3) is 0 Å². The van der Waals surface area contributed by atoms with E-state index in [0.29, 0.717) is 23.8 Å². The van der Waals surface area contributed by atoms with Gasteiger partial charge in [0.1, 0.15) is 0 Å². The zero-order chi connectivity index (χ0) is 19.7. The number of hydrogen-bond donors (Lipinski definition) is 3. The number of nitrogens with one attached hydrogen (secondary N) is 1. The van der Waals surface area contributed by atoms with Gasteiger partial charge in [-0.25, -0.2) is 8.78 Å². The molecule has 2 aromatic rings. The Bertz CT molecular complexity index is 847. The van der Waals surface area contributed by atoms with E-state index in [1.807, 2.05) is 0 Å². The van der Waals surface area contributed by atoms with Gasteiger partial charge in [0.2, 0.25) is 5.75 Å². The largest absolute Gasteiger partial charge is 0.502 e. The van der Waals surface area contributed by atoms with E-state index < -0.39 is 29.2 Å². The number of ether oxygens (including phenoxy) is 3. The average molecular weight is 381 g/mol. The number of methoxy groups -OCH3 is 3. The lowest BCUT2D eigenvalue weighted by Crippen LogP contribution is -2.33. The second-order valence-corrected chi connectivity index (χ2v) is 6.21. The van der Waals surface area contributed by atoms with Crippen LogP contribution in [0.1, 0.15) is 22.7 Å². The molecule has 1 heterocycles. The van der Waals surface area contributed by atoms with Crippen LogP contribution in [0.3, 0.4) is 0 Å². The number of fused-ring (bicyclic) bond motifs is 1. The van der Waals surface area contributed by atoms with Crippen LogP contribution < -0.4 is 19.5 Å². The van der Waals surface area contributed by atoms with Gasteiger partial charge in [-0.15, -0.1) is 0 Å². The molecule has 146 valence electrons. The highest BCUT2D eigenvalue weighted by Gasteiger charge is 2.32. The van der Waals surface area contributed by atoms with Crippen LogP contribution in [0.2, 0.25) is 0 Å². The predicted octanol–water partition coefficient (Wildman–Crippen LogP) is 2.83. The number of phenols is 2. The van der Waals surface area contributed by atoms with Crippen molar-refractivity contribution >= 4 is 0 Å². The Kier molecular flexibility index (Phi) is 5.27. The summed E-state index contributed by atoms with van der Waals surface area (Å²) in [5.41, 5.74) is 0.823. The zero-order valence-corrected chi connectivity index (χ0v) is 15.2. The smallest absolute Gasteiger partial charge is 0.203 e. The normalized spacial score (nSPS) is 16.0. The lowest BCUT2D eigenvalue weighted by atomic mass is 9.88. The quantitative estimate of drug-likeness (QED) is 0.691. The molecule has 0 spiro atoms. The lowest BCUT2D eigenvalue weighted by Gasteiger charge is -2.29. The van der Waals surface area contributed by atoms with Crippen molar-refractivity contribution in [1.29, 1.82) is 0 Å². The molecule has 0 fully saturated rings. The standard InChI is InChI=1S/C19H21F2NO5/c1-25-12-7-9(8-13(26-2)19(12)27-3)6-11-14-10(4-5-22-11)15(20)17(23)18(24)16(14)21/h7-8,11,22-24H,4-6H2,1-3H3/t11-/m0/s1. The number of phenolic OH excluding ortho intramolecular Hbond substituents is 2. The summed E-state index contributed by atoms with van der Waals surface area (Å²) in [5.74, 6) is -2.81. The first kappa shape index (κ1) is 19.0. The van der Waals surface area contributed by atoms with Gasteiger partial charge < -0.3 is 29.7 Å². The van der Waals surface area contributed by atoms with Crippen LogP contribution in [-0.4, -0.2) is 38.1 Å². The highest BCUT2D eigenvalue weighted by molar-refractivity contribution is 5.55. The topological polar surface area (TPSA) is 80.2 Å². The molecule has 1 aliphatic rings. The van der Waals surface area contributed by atoms with Crippen molar-refractivity contribution in [2.24, 2.45) is 0 Å². The fourth-order valence-corrected chi connectivity index (χ4v) is 3.47. The van der Waals surface area contributed by atoms with Crippen LogP contribution in [0.5, 0.6) is 28.7 Å². The Labute approximate surface area is 155 Å². The first-order valence-corrected chi connectivity index (χ1v) is 8.36. The van der Waals surface area contributed by atoms with Crippen LogP contribution in [0.15, 0.2) is 12.1 Å². The maximum atomic E-state index is 14.6. The predicted molar refractivity (Wildman–Crippen MR) is 93.9 cm³/mol. The molecule has 8 heteroatoms. The number of benzene rings is 2. The van der Waals surface area contributed by atoms with Crippen molar-refractivity contribution in [3.05, 3.63) is 40.5 Å². The molecule has 0 saturated heterocycles. The maximum absolute atomic E-state index is 14.6. The summed E-state index contributed by atoms with van der Waals surface area (Å²) in [7, 11) is 4.47. The molecule has 3 N–H and O–H groups in total. The Balaban J connectivity index is 2.04. The highest BCUT2D eigenvalue weighted by Crippen LogP contribution is 2.43. The summed E-state index contributed by atoms with van der Waals surface area (Å²) in [6.07, 6.45) is 0.488. The van der Waals surface area contributed by atoms with E-state index in [1.54, 1.807) is 12.1 Å². The summed E-state index contributed by atoms with van der Waals surface area (Å²) >= 11 is 0. The third-order valence-corrected chi connectivity index (χ3v) is 4.75. The van der Waals surface area contributed by atoms with Gasteiger partial charge in [-0.2, -0.15) is 0 Å². The van der Waals surface area contributed by atoms with Gasteiger partial charge in [-0.1, -0.05) is 0 Å². The number of halogens is 2. The van der Waals surface area contributed by atoms with E-state index in [0.717, 1.165) is 5.56 Å². The SMILES string of the molecule is COc1cc(C[C@@H]2NCCc3c(F)c(O)c(O)c(F)c32)cc(OC)c1OC. The van der Waals surface area contributed by atoms with Crippen molar-refractivity contribution in [2.75, 3.05) is 27.9 Å². The van der Waals surface area contributed by atoms with E-state index in [9.17, 15) is 19.0 Å². The van der Waals surface area contributed by atoms with Crippen molar-refractivity contribution in [1.82, 2.24) is 5.32 Å². The Morgan fingerprint density at radius 3 is 2.15 bits per heavy atom. The van der Waals surface area contributed by atoms with Crippen molar-refractivity contribution < 1.29 is 33.2 Å². The van der Waals surface area contributed by atoms with Crippen LogP contribution >= 0.6 is 0 Å². The van der Waals surface area contributed by atoms with Gasteiger partial charge in [0.15, 0.2) is 34.6 Å². The molecule has 0 bridgehead atoms. The van der Waals surface area contributed by atoms with E-state index >= 15 is 0 Å². The van der Waals surface area contributed by atoms with E-state index in [4.69, 9.17) is 14.2 Å². The summed E-state index contributed by atoms with van der Waals surface area (Å²) in [6.45, 7) is 0.405. The molecule has 3 rings (SSSR count). The molecule has 6 nitrogen and oxygen atoms in total. The van der Waals surface area contributed by atoms with Crippen LogP contribution in [-0.2, 0) is 12.8 Å². The molecule has 27 heavy (non-hydrogen) atoms. The minimum absolute atomic E-state index is 0.0165. The molecular formula is C19H21F2NO5. The number of aromatic hydroxyl groups is 2. The van der Waals surface area contributed by atoms with Crippen LogP contribution in [0.4, 0.5) is 8.78 Å². The molecule has 0 unspecified atom stereocenters. The highest BCUT2D eigenvalue weighted by atomic mass is 19.1. The number of hydrogen-bond acceptors (Lipinski definition) is 6. The molecule has 1 atom stereocenters. The molecular weight excluding hydrogens is 360 g/mol. The van der Waals surface area contributed by atoms with Gasteiger partial charge in [-0.3, -0.25) is 0 Å². The van der Waals surface area contributed by atoms with Gasteiger partial charge in [0.25, 0.3) is 0 Å².